The molecule has 5 nitrogen and oxygen atoms in total. The molecule has 0 saturated carbocycles. The van der Waals surface area contributed by atoms with Gasteiger partial charge in [0.25, 0.3) is 0 Å². The first kappa shape index (κ1) is 12.3. The maximum atomic E-state index is 12.8. The third kappa shape index (κ3) is 2.38. The molecule has 0 amide bonds. The van der Waals surface area contributed by atoms with Crippen LogP contribution in [0, 0.1) is 5.82 Å². The van der Waals surface area contributed by atoms with Gasteiger partial charge in [-0.05, 0) is 29.8 Å². The Bertz CT molecular complexity index is 551. The fraction of sp³-hybridized carbons (Fsp3) is 0.167. The summed E-state index contributed by atoms with van der Waals surface area (Å²) in [5.74, 6) is -0.582. The molecule has 18 heavy (non-hydrogen) atoms. The number of ether oxygens (including phenoxy) is 1. The number of nitrogens with one attached hydrogen (secondary N) is 1. The number of benzene rings is 1. The van der Waals surface area contributed by atoms with Crippen LogP contribution in [0.15, 0.2) is 30.5 Å². The van der Waals surface area contributed by atoms with Crippen molar-refractivity contribution in [2.45, 2.75) is 6.04 Å². The topological polar surface area (TPSA) is 81.0 Å². The molecule has 0 aliphatic rings. The Morgan fingerprint density at radius 1 is 1.44 bits per heavy atom. The minimum atomic E-state index is -0.954. The number of carbonyl (C=O) groups excluding carboxylic acids is 1. The van der Waals surface area contributed by atoms with Gasteiger partial charge in [-0.1, -0.05) is 0 Å². The first-order chi connectivity index (χ1) is 8.61. The average Bonchev–Trinajstić information content (AvgIpc) is 2.87. The lowest BCUT2D eigenvalue weighted by molar-refractivity contribution is -0.142. The quantitative estimate of drug-likeness (QED) is 0.805. The zero-order valence-corrected chi connectivity index (χ0v) is 9.68. The number of nitrogens with zero attached hydrogens (tertiary/aromatic N) is 1. The lowest BCUT2D eigenvalue weighted by atomic mass is 10.2. The molecule has 1 atom stereocenters. The highest BCUT2D eigenvalue weighted by Gasteiger charge is 2.19. The van der Waals surface area contributed by atoms with E-state index in [0.29, 0.717) is 11.5 Å². The van der Waals surface area contributed by atoms with Crippen LogP contribution in [0.2, 0.25) is 0 Å². The molecule has 94 valence electrons. The van der Waals surface area contributed by atoms with E-state index < -0.39 is 12.0 Å². The van der Waals surface area contributed by atoms with E-state index in [2.05, 4.69) is 14.7 Å². The molecule has 1 aromatic carbocycles. The highest BCUT2D eigenvalue weighted by molar-refractivity contribution is 5.76. The lowest BCUT2D eigenvalue weighted by Gasteiger charge is -2.05. The second-order valence-electron chi connectivity index (χ2n) is 3.69. The summed E-state index contributed by atoms with van der Waals surface area (Å²) >= 11 is 0. The molecule has 3 N–H and O–H groups in total. The van der Waals surface area contributed by atoms with Crippen LogP contribution in [0.1, 0.15) is 11.9 Å². The van der Waals surface area contributed by atoms with Gasteiger partial charge in [0, 0.05) is 0 Å². The predicted octanol–water partition coefficient (Wildman–Crippen LogP) is 1.39. The van der Waals surface area contributed by atoms with Gasteiger partial charge in [0.05, 0.1) is 19.0 Å². The van der Waals surface area contributed by atoms with Crippen molar-refractivity contribution in [3.05, 3.63) is 42.1 Å². The van der Waals surface area contributed by atoms with Gasteiger partial charge in [-0.2, -0.15) is 0 Å². The van der Waals surface area contributed by atoms with Gasteiger partial charge in [-0.15, -0.1) is 0 Å². The van der Waals surface area contributed by atoms with E-state index in [1.807, 2.05) is 0 Å². The van der Waals surface area contributed by atoms with Gasteiger partial charge in [0.1, 0.15) is 11.6 Å². The normalized spacial score (nSPS) is 12.2. The summed E-state index contributed by atoms with van der Waals surface area (Å²) in [6.45, 7) is 0. The second-order valence-corrected chi connectivity index (χ2v) is 3.69. The van der Waals surface area contributed by atoms with Crippen molar-refractivity contribution >= 4 is 5.97 Å². The number of H-pyrrole nitrogens is 1. The molecule has 0 spiro atoms. The molecule has 0 radical (unpaired) electrons. The predicted molar refractivity (Wildman–Crippen MR) is 62.9 cm³/mol. The van der Waals surface area contributed by atoms with Crippen LogP contribution in [-0.2, 0) is 9.53 Å². The Kier molecular flexibility index (Phi) is 3.38. The monoisotopic (exact) mass is 249 g/mol. The van der Waals surface area contributed by atoms with Gasteiger partial charge in [0.15, 0.2) is 6.04 Å². The smallest absolute Gasteiger partial charge is 0.330 e. The molecule has 1 aromatic heterocycles. The van der Waals surface area contributed by atoms with E-state index in [1.54, 1.807) is 12.1 Å². The molecule has 0 bridgehead atoms. The number of imidazole rings is 1. The molecule has 0 aliphatic carbocycles. The van der Waals surface area contributed by atoms with E-state index in [1.165, 1.54) is 25.4 Å². The van der Waals surface area contributed by atoms with Gasteiger partial charge < -0.3 is 15.5 Å². The Labute approximate surface area is 103 Å². The Morgan fingerprint density at radius 3 is 2.72 bits per heavy atom. The van der Waals surface area contributed by atoms with Crippen LogP contribution >= 0.6 is 0 Å². The summed E-state index contributed by atoms with van der Waals surface area (Å²) in [6, 6.07) is 4.95. The number of carbonyl (C=O) groups is 1. The van der Waals surface area contributed by atoms with E-state index in [4.69, 9.17) is 5.73 Å². The molecular weight excluding hydrogens is 237 g/mol. The number of rotatable bonds is 3. The van der Waals surface area contributed by atoms with Crippen molar-refractivity contribution in [1.82, 2.24) is 9.97 Å². The Balaban J connectivity index is 2.25. The first-order valence-electron chi connectivity index (χ1n) is 5.26. The van der Waals surface area contributed by atoms with E-state index in [9.17, 15) is 9.18 Å². The summed E-state index contributed by atoms with van der Waals surface area (Å²) in [4.78, 5) is 18.2. The molecule has 2 rings (SSSR count). The lowest BCUT2D eigenvalue weighted by Crippen LogP contribution is -2.23. The molecule has 0 fully saturated rings. The van der Waals surface area contributed by atoms with Crippen LogP contribution in [0.4, 0.5) is 4.39 Å². The number of hydrogen-bond donors (Lipinski definition) is 2. The van der Waals surface area contributed by atoms with Crippen LogP contribution in [-0.4, -0.2) is 23.0 Å². The summed E-state index contributed by atoms with van der Waals surface area (Å²) in [7, 11) is 1.26. The zero-order chi connectivity index (χ0) is 13.1. The van der Waals surface area contributed by atoms with Gasteiger partial charge in [0.2, 0.25) is 0 Å². The molecule has 2 aromatic rings. The van der Waals surface area contributed by atoms with Crippen molar-refractivity contribution in [3.8, 4) is 11.3 Å². The van der Waals surface area contributed by atoms with Gasteiger partial charge in [-0.3, -0.25) is 0 Å². The van der Waals surface area contributed by atoms with Crippen LogP contribution in [0.5, 0.6) is 0 Å². The van der Waals surface area contributed by atoms with Crippen molar-refractivity contribution in [2.75, 3.05) is 7.11 Å². The third-order valence-corrected chi connectivity index (χ3v) is 2.50. The number of esters is 1. The number of nitrogens with two attached hydrogens (primary N) is 1. The van der Waals surface area contributed by atoms with E-state index >= 15 is 0 Å². The molecule has 6 heteroatoms. The average molecular weight is 249 g/mol. The van der Waals surface area contributed by atoms with Crippen molar-refractivity contribution < 1.29 is 13.9 Å². The number of aromatic nitrogens is 2. The minimum Gasteiger partial charge on any atom is -0.468 e. The van der Waals surface area contributed by atoms with E-state index in [0.717, 1.165) is 5.56 Å². The number of halogens is 1. The summed E-state index contributed by atoms with van der Waals surface area (Å²) in [6.07, 6.45) is 1.53. The van der Waals surface area contributed by atoms with Crippen molar-refractivity contribution in [1.29, 1.82) is 0 Å². The van der Waals surface area contributed by atoms with Crippen LogP contribution in [0.3, 0.4) is 0 Å². The maximum Gasteiger partial charge on any atom is 0.330 e. The number of methoxy groups -OCH3 is 1. The number of aromatic amines is 1. The highest BCUT2D eigenvalue weighted by Crippen LogP contribution is 2.19. The molecular formula is C12H12FN3O2. The summed E-state index contributed by atoms with van der Waals surface area (Å²) in [5, 5.41) is 0. The molecule has 0 saturated heterocycles. The van der Waals surface area contributed by atoms with Gasteiger partial charge in [-0.25, -0.2) is 14.2 Å². The SMILES string of the molecule is COC(=O)[C@@H](N)c1ncc(-c2ccc(F)cc2)[nH]1. The third-order valence-electron chi connectivity index (χ3n) is 2.50. The zero-order valence-electron chi connectivity index (χ0n) is 9.68. The standard InChI is InChI=1S/C12H12FN3O2/c1-18-12(17)10(14)11-15-6-9(16-11)7-2-4-8(13)5-3-7/h2-6,10H,14H2,1H3,(H,15,16)/t10-/m0/s1. The molecule has 1 heterocycles. The van der Waals surface area contributed by atoms with E-state index in [-0.39, 0.29) is 5.82 Å². The van der Waals surface area contributed by atoms with Gasteiger partial charge >= 0.3 is 5.97 Å². The molecule has 0 unspecified atom stereocenters. The fourth-order valence-electron chi connectivity index (χ4n) is 1.51. The van der Waals surface area contributed by atoms with Crippen molar-refractivity contribution in [3.63, 3.8) is 0 Å². The highest BCUT2D eigenvalue weighted by atomic mass is 19.1. The number of hydrogen-bond acceptors (Lipinski definition) is 4. The van der Waals surface area contributed by atoms with Crippen molar-refractivity contribution in [2.24, 2.45) is 5.73 Å². The maximum absolute atomic E-state index is 12.8. The minimum absolute atomic E-state index is 0.307. The molecule has 0 aliphatic heterocycles. The Hall–Kier alpha value is -2.21. The summed E-state index contributed by atoms with van der Waals surface area (Å²) in [5.41, 5.74) is 7.05. The Morgan fingerprint density at radius 2 is 2.11 bits per heavy atom. The first-order valence-corrected chi connectivity index (χ1v) is 5.26. The largest absolute Gasteiger partial charge is 0.468 e. The van der Waals surface area contributed by atoms with Crippen LogP contribution in [0.25, 0.3) is 11.3 Å². The summed E-state index contributed by atoms with van der Waals surface area (Å²) < 4.78 is 17.3. The second kappa shape index (κ2) is 4.97. The fourth-order valence-corrected chi connectivity index (χ4v) is 1.51. The van der Waals surface area contributed by atoms with Crippen LogP contribution < -0.4 is 5.73 Å².